The van der Waals surface area contributed by atoms with Gasteiger partial charge in [-0.15, -0.1) is 0 Å². The molecular weight excluding hydrogens is 278 g/mol. The Kier molecular flexibility index (Phi) is 8.55. The van der Waals surface area contributed by atoms with E-state index in [0.29, 0.717) is 24.5 Å². The normalized spacial score (nSPS) is 12.2. The van der Waals surface area contributed by atoms with Crippen molar-refractivity contribution in [1.82, 2.24) is 4.90 Å². The molecule has 1 unspecified atom stereocenters. The lowest BCUT2D eigenvalue weighted by Crippen LogP contribution is -2.35. The molecule has 1 aromatic rings. The number of benzene rings is 1. The minimum atomic E-state index is -0.478. The highest BCUT2D eigenvalue weighted by Gasteiger charge is 2.14. The van der Waals surface area contributed by atoms with Gasteiger partial charge in [0, 0.05) is 6.54 Å². The van der Waals surface area contributed by atoms with Crippen molar-refractivity contribution in [2.24, 2.45) is 5.73 Å². The molecule has 1 atom stereocenters. The first-order valence-electron chi connectivity index (χ1n) is 8.12. The third kappa shape index (κ3) is 6.03. The fourth-order valence-electron chi connectivity index (χ4n) is 2.19. The maximum Gasteiger partial charge on any atom is 0.241 e. The zero-order valence-electron chi connectivity index (χ0n) is 14.0. The molecule has 0 aliphatic rings. The Morgan fingerprint density at radius 1 is 1.27 bits per heavy atom. The van der Waals surface area contributed by atoms with Gasteiger partial charge in [0.2, 0.25) is 5.91 Å². The van der Waals surface area contributed by atoms with Crippen molar-refractivity contribution in [1.29, 1.82) is 0 Å². The third-order valence-corrected chi connectivity index (χ3v) is 3.64. The quantitative estimate of drug-likeness (QED) is 0.697. The summed E-state index contributed by atoms with van der Waals surface area (Å²) >= 11 is 0. The summed E-state index contributed by atoms with van der Waals surface area (Å²) in [7, 11) is 0. The SMILES string of the molecule is CCCC(N)C(=O)Nc1ccccc1OCCN(CC)CC. The molecule has 1 aromatic carbocycles. The first-order chi connectivity index (χ1) is 10.6. The molecule has 0 heterocycles. The van der Waals surface area contributed by atoms with Crippen LogP contribution in [0, 0.1) is 0 Å². The minimum Gasteiger partial charge on any atom is -0.490 e. The molecule has 1 rings (SSSR count). The fraction of sp³-hybridized carbons (Fsp3) is 0.588. The Labute approximate surface area is 133 Å². The summed E-state index contributed by atoms with van der Waals surface area (Å²) in [5, 5.41) is 2.86. The lowest BCUT2D eigenvalue weighted by Gasteiger charge is -2.19. The Morgan fingerprint density at radius 3 is 2.59 bits per heavy atom. The third-order valence-electron chi connectivity index (χ3n) is 3.64. The van der Waals surface area contributed by atoms with E-state index in [2.05, 4.69) is 24.1 Å². The van der Waals surface area contributed by atoms with Gasteiger partial charge in [0.25, 0.3) is 0 Å². The van der Waals surface area contributed by atoms with E-state index in [1.54, 1.807) is 0 Å². The number of nitrogens with two attached hydrogens (primary N) is 1. The molecule has 0 aliphatic carbocycles. The van der Waals surface area contributed by atoms with Crippen LogP contribution in [0.15, 0.2) is 24.3 Å². The van der Waals surface area contributed by atoms with Crippen LogP contribution in [0.3, 0.4) is 0 Å². The Morgan fingerprint density at radius 2 is 1.95 bits per heavy atom. The first kappa shape index (κ1) is 18.5. The van der Waals surface area contributed by atoms with Gasteiger partial charge >= 0.3 is 0 Å². The fourth-order valence-corrected chi connectivity index (χ4v) is 2.19. The summed E-state index contributed by atoms with van der Waals surface area (Å²) in [6.45, 7) is 9.74. The molecule has 0 saturated carbocycles. The van der Waals surface area contributed by atoms with Crippen LogP contribution >= 0.6 is 0 Å². The molecule has 0 fully saturated rings. The highest BCUT2D eigenvalue weighted by atomic mass is 16.5. The first-order valence-corrected chi connectivity index (χ1v) is 8.12. The van der Waals surface area contributed by atoms with Gasteiger partial charge in [0.05, 0.1) is 11.7 Å². The van der Waals surface area contributed by atoms with E-state index in [1.807, 2.05) is 31.2 Å². The van der Waals surface area contributed by atoms with E-state index in [-0.39, 0.29) is 5.91 Å². The molecule has 5 heteroatoms. The van der Waals surface area contributed by atoms with Crippen LogP contribution in [-0.4, -0.2) is 43.1 Å². The van der Waals surface area contributed by atoms with Gasteiger partial charge in [0.15, 0.2) is 0 Å². The van der Waals surface area contributed by atoms with E-state index in [9.17, 15) is 4.79 Å². The lowest BCUT2D eigenvalue weighted by molar-refractivity contribution is -0.117. The van der Waals surface area contributed by atoms with Crippen molar-refractivity contribution in [2.75, 3.05) is 31.6 Å². The molecule has 5 nitrogen and oxygen atoms in total. The Bertz CT molecular complexity index is 447. The Balaban J connectivity index is 2.60. The molecule has 124 valence electrons. The standard InChI is InChI=1S/C17H29N3O2/c1-4-9-14(18)17(21)19-15-10-7-8-11-16(15)22-13-12-20(5-2)6-3/h7-8,10-11,14H,4-6,9,12-13,18H2,1-3H3,(H,19,21). The van der Waals surface area contributed by atoms with Crippen molar-refractivity contribution in [3.63, 3.8) is 0 Å². The van der Waals surface area contributed by atoms with E-state index >= 15 is 0 Å². The smallest absolute Gasteiger partial charge is 0.241 e. The van der Waals surface area contributed by atoms with E-state index in [0.717, 1.165) is 26.1 Å². The maximum atomic E-state index is 12.0. The van der Waals surface area contributed by atoms with Gasteiger partial charge in [-0.3, -0.25) is 4.79 Å². The number of anilines is 1. The number of ether oxygens (including phenoxy) is 1. The molecule has 0 bridgehead atoms. The van der Waals surface area contributed by atoms with Crippen molar-refractivity contribution in [3.05, 3.63) is 24.3 Å². The van der Waals surface area contributed by atoms with Crippen LogP contribution < -0.4 is 15.8 Å². The maximum absolute atomic E-state index is 12.0. The highest BCUT2D eigenvalue weighted by molar-refractivity contribution is 5.95. The molecule has 0 saturated heterocycles. The molecule has 0 radical (unpaired) electrons. The van der Waals surface area contributed by atoms with Crippen LogP contribution in [0.1, 0.15) is 33.6 Å². The van der Waals surface area contributed by atoms with Crippen molar-refractivity contribution >= 4 is 11.6 Å². The van der Waals surface area contributed by atoms with Crippen LogP contribution in [0.2, 0.25) is 0 Å². The number of nitrogens with zero attached hydrogens (tertiary/aromatic N) is 1. The molecule has 0 aromatic heterocycles. The summed E-state index contributed by atoms with van der Waals surface area (Å²) in [6.07, 6.45) is 1.56. The average molecular weight is 307 g/mol. The number of likely N-dealkylation sites (N-methyl/N-ethyl adjacent to an activating group) is 1. The zero-order chi connectivity index (χ0) is 16.4. The van der Waals surface area contributed by atoms with E-state index < -0.39 is 6.04 Å². The topological polar surface area (TPSA) is 67.6 Å². The van der Waals surface area contributed by atoms with Gasteiger partial charge in [0.1, 0.15) is 12.4 Å². The summed E-state index contributed by atoms with van der Waals surface area (Å²) in [6, 6.07) is 6.99. The molecule has 1 amide bonds. The lowest BCUT2D eigenvalue weighted by atomic mass is 10.1. The second-order valence-corrected chi connectivity index (χ2v) is 5.26. The second-order valence-electron chi connectivity index (χ2n) is 5.26. The van der Waals surface area contributed by atoms with Gasteiger partial charge in [-0.1, -0.05) is 39.3 Å². The largest absolute Gasteiger partial charge is 0.490 e. The number of rotatable bonds is 10. The van der Waals surface area contributed by atoms with Crippen molar-refractivity contribution < 1.29 is 9.53 Å². The van der Waals surface area contributed by atoms with Crippen LogP contribution in [0.5, 0.6) is 5.75 Å². The predicted molar refractivity (Wildman–Crippen MR) is 91.2 cm³/mol. The van der Waals surface area contributed by atoms with E-state index in [4.69, 9.17) is 10.5 Å². The van der Waals surface area contributed by atoms with Crippen molar-refractivity contribution in [3.8, 4) is 5.75 Å². The number of nitrogens with one attached hydrogen (secondary N) is 1. The number of carbonyl (C=O) groups excluding carboxylic acids is 1. The molecule has 22 heavy (non-hydrogen) atoms. The summed E-state index contributed by atoms with van der Waals surface area (Å²) < 4.78 is 5.81. The van der Waals surface area contributed by atoms with Crippen LogP contribution in [0.25, 0.3) is 0 Å². The monoisotopic (exact) mass is 307 g/mol. The van der Waals surface area contributed by atoms with Gasteiger partial charge in [-0.05, 0) is 31.6 Å². The minimum absolute atomic E-state index is 0.165. The van der Waals surface area contributed by atoms with Gasteiger partial charge < -0.3 is 20.7 Å². The molecule has 3 N–H and O–H groups in total. The summed E-state index contributed by atoms with van der Waals surface area (Å²) in [5.41, 5.74) is 6.52. The molecule has 0 spiro atoms. The number of hydrogen-bond donors (Lipinski definition) is 2. The van der Waals surface area contributed by atoms with Gasteiger partial charge in [-0.2, -0.15) is 0 Å². The zero-order valence-corrected chi connectivity index (χ0v) is 14.0. The molecule has 0 aliphatic heterocycles. The second kappa shape index (κ2) is 10.2. The summed E-state index contributed by atoms with van der Waals surface area (Å²) in [4.78, 5) is 14.3. The Hall–Kier alpha value is -1.59. The van der Waals surface area contributed by atoms with E-state index in [1.165, 1.54) is 0 Å². The van der Waals surface area contributed by atoms with Crippen LogP contribution in [-0.2, 0) is 4.79 Å². The highest BCUT2D eigenvalue weighted by Crippen LogP contribution is 2.23. The van der Waals surface area contributed by atoms with Gasteiger partial charge in [-0.25, -0.2) is 0 Å². The number of hydrogen-bond acceptors (Lipinski definition) is 4. The number of amides is 1. The average Bonchev–Trinajstić information content (AvgIpc) is 2.53. The molecular formula is C17H29N3O2. The van der Waals surface area contributed by atoms with Crippen LogP contribution in [0.4, 0.5) is 5.69 Å². The summed E-state index contributed by atoms with van der Waals surface area (Å²) in [5.74, 6) is 0.522. The number of para-hydroxylation sites is 2. The predicted octanol–water partition coefficient (Wildman–Crippen LogP) is 2.47. The van der Waals surface area contributed by atoms with Crippen molar-refractivity contribution in [2.45, 2.75) is 39.7 Å². The number of carbonyl (C=O) groups is 1.